The van der Waals surface area contributed by atoms with Gasteiger partial charge in [0.25, 0.3) is 0 Å². The highest BCUT2D eigenvalue weighted by atomic mass is 28.3. The average molecular weight is 281 g/mol. The lowest BCUT2D eigenvalue weighted by Crippen LogP contribution is -2.18. The fourth-order valence-corrected chi connectivity index (χ4v) is 3.78. The van der Waals surface area contributed by atoms with Crippen LogP contribution in [-0.4, -0.2) is 8.07 Å². The van der Waals surface area contributed by atoms with Gasteiger partial charge in [-0.25, -0.2) is 0 Å². The van der Waals surface area contributed by atoms with Crippen molar-refractivity contribution in [2.45, 2.75) is 103 Å². The fraction of sp³-hybridized carbons (Fsp3) is 0.889. The summed E-state index contributed by atoms with van der Waals surface area (Å²) in [7, 11) is -0.770. The summed E-state index contributed by atoms with van der Waals surface area (Å²) in [6.45, 7) is 7.45. The summed E-state index contributed by atoms with van der Waals surface area (Å²) < 4.78 is 0. The molecule has 0 aliphatic carbocycles. The molecular weight excluding hydrogens is 244 g/mol. The topological polar surface area (TPSA) is 0 Å². The van der Waals surface area contributed by atoms with Crippen molar-refractivity contribution < 1.29 is 0 Å². The summed E-state index contributed by atoms with van der Waals surface area (Å²) >= 11 is 0. The lowest BCUT2D eigenvalue weighted by Gasteiger charge is -2.14. The van der Waals surface area contributed by atoms with Crippen molar-refractivity contribution >= 4 is 8.07 Å². The smallest absolute Gasteiger partial charge is 0.0442 e. The van der Waals surface area contributed by atoms with E-state index in [2.05, 4.69) is 25.6 Å². The minimum atomic E-state index is -0.770. The Morgan fingerprint density at radius 3 is 1.37 bits per heavy atom. The van der Waals surface area contributed by atoms with Crippen LogP contribution in [0.1, 0.15) is 77.0 Å². The minimum absolute atomic E-state index is 0.770. The van der Waals surface area contributed by atoms with Crippen molar-refractivity contribution in [3.8, 4) is 12.3 Å². The molecule has 0 radical (unpaired) electrons. The zero-order chi connectivity index (χ0) is 14.4. The van der Waals surface area contributed by atoms with E-state index in [1.54, 1.807) is 0 Å². The summed E-state index contributed by atoms with van der Waals surface area (Å²) in [5.74, 6) is 2.71. The highest BCUT2D eigenvalue weighted by Crippen LogP contribution is 2.16. The molecule has 0 aromatic rings. The van der Waals surface area contributed by atoms with Gasteiger partial charge in [-0.15, -0.1) is 12.3 Å². The Bertz CT molecular complexity index is 219. The SMILES string of the molecule is C#CCCCCCCCCCCCCC[Si](C)(C)C. The highest BCUT2D eigenvalue weighted by molar-refractivity contribution is 6.76. The first kappa shape index (κ1) is 18.8. The van der Waals surface area contributed by atoms with Gasteiger partial charge in [-0.05, 0) is 6.42 Å². The molecule has 112 valence electrons. The maximum absolute atomic E-state index is 5.23. The monoisotopic (exact) mass is 280 g/mol. The van der Waals surface area contributed by atoms with Crippen LogP contribution in [0.25, 0.3) is 0 Å². The molecule has 19 heavy (non-hydrogen) atoms. The van der Waals surface area contributed by atoms with E-state index in [1.165, 1.54) is 76.7 Å². The molecule has 0 unspecified atom stereocenters. The summed E-state index contributed by atoms with van der Waals surface area (Å²) in [5, 5.41) is 0. The van der Waals surface area contributed by atoms with Crippen molar-refractivity contribution in [1.82, 2.24) is 0 Å². The molecule has 0 bridgehead atoms. The van der Waals surface area contributed by atoms with Crippen LogP contribution >= 0.6 is 0 Å². The van der Waals surface area contributed by atoms with Crippen molar-refractivity contribution in [1.29, 1.82) is 0 Å². The second-order valence-electron chi connectivity index (χ2n) is 7.15. The molecule has 0 fully saturated rings. The first-order chi connectivity index (χ1) is 9.06. The Morgan fingerprint density at radius 1 is 0.632 bits per heavy atom. The van der Waals surface area contributed by atoms with Crippen LogP contribution in [0.15, 0.2) is 0 Å². The lowest BCUT2D eigenvalue weighted by atomic mass is 10.1. The molecule has 0 aromatic carbocycles. The molecule has 0 aliphatic heterocycles. The molecule has 0 atom stereocenters. The zero-order valence-corrected chi connectivity index (χ0v) is 14.8. The van der Waals surface area contributed by atoms with Crippen LogP contribution in [-0.2, 0) is 0 Å². The number of unbranched alkanes of at least 4 members (excludes halogenated alkanes) is 11. The quantitative estimate of drug-likeness (QED) is 0.201. The summed E-state index contributed by atoms with van der Waals surface area (Å²) in [4.78, 5) is 0. The van der Waals surface area contributed by atoms with E-state index in [1.807, 2.05) is 0 Å². The molecule has 0 amide bonds. The second kappa shape index (κ2) is 12.8. The Labute approximate surface area is 123 Å². The molecule has 0 spiro atoms. The van der Waals surface area contributed by atoms with Gasteiger partial charge in [-0.1, -0.05) is 89.9 Å². The minimum Gasteiger partial charge on any atom is -0.120 e. The van der Waals surface area contributed by atoms with Crippen LogP contribution in [0.3, 0.4) is 0 Å². The van der Waals surface area contributed by atoms with Crippen LogP contribution in [0.4, 0.5) is 0 Å². The number of rotatable bonds is 13. The van der Waals surface area contributed by atoms with E-state index in [4.69, 9.17) is 6.42 Å². The van der Waals surface area contributed by atoms with E-state index in [9.17, 15) is 0 Å². The normalized spacial score (nSPS) is 11.5. The predicted octanol–water partition coefficient (Wildman–Crippen LogP) is 6.64. The van der Waals surface area contributed by atoms with Crippen LogP contribution < -0.4 is 0 Å². The van der Waals surface area contributed by atoms with Gasteiger partial charge in [-0.3, -0.25) is 0 Å². The molecule has 0 N–H and O–H groups in total. The van der Waals surface area contributed by atoms with Crippen LogP contribution in [0, 0.1) is 12.3 Å². The molecule has 0 nitrogen and oxygen atoms in total. The van der Waals surface area contributed by atoms with Gasteiger partial charge in [0.1, 0.15) is 0 Å². The van der Waals surface area contributed by atoms with Crippen molar-refractivity contribution in [3.05, 3.63) is 0 Å². The maximum atomic E-state index is 5.23. The first-order valence-corrected chi connectivity index (χ1v) is 12.2. The summed E-state index contributed by atoms with van der Waals surface area (Å²) in [6.07, 6.45) is 21.8. The Balaban J connectivity index is 3.02. The summed E-state index contributed by atoms with van der Waals surface area (Å²) in [6, 6.07) is 1.52. The third-order valence-electron chi connectivity index (χ3n) is 3.75. The van der Waals surface area contributed by atoms with Crippen LogP contribution in [0.5, 0.6) is 0 Å². The van der Waals surface area contributed by atoms with Crippen LogP contribution in [0.2, 0.25) is 25.7 Å². The van der Waals surface area contributed by atoms with Crippen molar-refractivity contribution in [2.24, 2.45) is 0 Å². The van der Waals surface area contributed by atoms with Gasteiger partial charge in [0.15, 0.2) is 0 Å². The van der Waals surface area contributed by atoms with E-state index in [0.717, 1.165) is 6.42 Å². The Kier molecular flexibility index (Phi) is 12.6. The average Bonchev–Trinajstić information content (AvgIpc) is 2.34. The van der Waals surface area contributed by atoms with E-state index in [-0.39, 0.29) is 0 Å². The number of terminal acetylenes is 1. The second-order valence-corrected chi connectivity index (χ2v) is 12.8. The third-order valence-corrected chi connectivity index (χ3v) is 5.60. The van der Waals surface area contributed by atoms with E-state index < -0.39 is 8.07 Å². The van der Waals surface area contributed by atoms with Gasteiger partial charge in [0, 0.05) is 14.5 Å². The zero-order valence-electron chi connectivity index (χ0n) is 13.8. The molecule has 0 heterocycles. The van der Waals surface area contributed by atoms with Crippen molar-refractivity contribution in [3.63, 3.8) is 0 Å². The van der Waals surface area contributed by atoms with Gasteiger partial charge < -0.3 is 0 Å². The molecule has 0 saturated carbocycles. The molecule has 1 heteroatoms. The van der Waals surface area contributed by atoms with Gasteiger partial charge in [-0.2, -0.15) is 0 Å². The molecule has 0 rings (SSSR count). The fourth-order valence-electron chi connectivity index (χ4n) is 2.47. The molecule has 0 saturated heterocycles. The standard InChI is InChI=1S/C18H36Si/c1-5-6-7-8-9-10-11-12-13-14-15-16-17-18-19(2,3)4/h1H,6-18H2,2-4H3. The van der Waals surface area contributed by atoms with Gasteiger partial charge in [0.05, 0.1) is 0 Å². The Hall–Kier alpha value is -0.223. The maximum Gasteiger partial charge on any atom is 0.0442 e. The number of hydrogen-bond acceptors (Lipinski definition) is 0. The molecule has 0 aromatic heterocycles. The Morgan fingerprint density at radius 2 is 1.00 bits per heavy atom. The number of hydrogen-bond donors (Lipinski definition) is 0. The molecule has 0 aliphatic rings. The lowest BCUT2D eigenvalue weighted by molar-refractivity contribution is 0.551. The van der Waals surface area contributed by atoms with Crippen molar-refractivity contribution in [2.75, 3.05) is 0 Å². The van der Waals surface area contributed by atoms with E-state index >= 15 is 0 Å². The first-order valence-electron chi connectivity index (χ1n) is 8.50. The van der Waals surface area contributed by atoms with Gasteiger partial charge in [0.2, 0.25) is 0 Å². The van der Waals surface area contributed by atoms with Gasteiger partial charge >= 0.3 is 0 Å². The predicted molar refractivity (Wildman–Crippen MR) is 92.4 cm³/mol. The molecular formula is C18H36Si. The third kappa shape index (κ3) is 17.8. The largest absolute Gasteiger partial charge is 0.120 e. The van der Waals surface area contributed by atoms with E-state index in [0.29, 0.717) is 0 Å². The highest BCUT2D eigenvalue weighted by Gasteiger charge is 2.11. The summed E-state index contributed by atoms with van der Waals surface area (Å²) in [5.41, 5.74) is 0.